The van der Waals surface area contributed by atoms with E-state index < -0.39 is 62.2 Å². The number of nitriles is 1. The quantitative estimate of drug-likeness (QED) is 0.229. The number of anilines is 1. The van der Waals surface area contributed by atoms with Gasteiger partial charge in [-0.1, -0.05) is 32.4 Å². The lowest BCUT2D eigenvalue weighted by Crippen LogP contribution is -2.53. The van der Waals surface area contributed by atoms with Crippen LogP contribution in [0.1, 0.15) is 58.6 Å². The summed E-state index contributed by atoms with van der Waals surface area (Å²) in [5, 5.41) is 12.6. The minimum Gasteiger partial charge on any atom is -0.444 e. The van der Waals surface area contributed by atoms with E-state index in [1.165, 1.54) is 31.6 Å². The molecule has 1 N–H and O–H groups in total. The second-order valence-electron chi connectivity index (χ2n) is 13.8. The van der Waals surface area contributed by atoms with Gasteiger partial charge in [-0.2, -0.15) is 5.26 Å². The fourth-order valence-electron chi connectivity index (χ4n) is 6.04. The highest BCUT2D eigenvalue weighted by atomic mass is 32.5. The Balaban J connectivity index is 1.72. The summed E-state index contributed by atoms with van der Waals surface area (Å²) in [5.41, 5.74) is -1.47. The summed E-state index contributed by atoms with van der Waals surface area (Å²) >= 11 is 0. The molecule has 0 spiro atoms. The number of rotatable bonds is 9. The van der Waals surface area contributed by atoms with Crippen LogP contribution < -0.4 is 10.2 Å². The molecule has 2 fully saturated rings. The fourth-order valence-corrected chi connectivity index (χ4v) is 6.69. The zero-order valence-electron chi connectivity index (χ0n) is 27.9. The van der Waals surface area contributed by atoms with Crippen LogP contribution in [-0.4, -0.2) is 83.7 Å². The monoisotopic (exact) mass is 716 g/mol. The summed E-state index contributed by atoms with van der Waals surface area (Å²) in [5.74, 6) is -1.59. The Morgan fingerprint density at radius 2 is 1.84 bits per heavy atom. The second kappa shape index (κ2) is 12.9. The van der Waals surface area contributed by atoms with Crippen LogP contribution in [-0.2, 0) is 19.1 Å². The summed E-state index contributed by atoms with van der Waals surface area (Å²) in [7, 11) is -8.68. The van der Waals surface area contributed by atoms with Crippen LogP contribution in [0.15, 0.2) is 53.7 Å². The largest absolute Gasteiger partial charge is 0.444 e. The zero-order chi connectivity index (χ0) is 36.5. The van der Waals surface area contributed by atoms with Crippen LogP contribution in [0.5, 0.6) is 0 Å². The van der Waals surface area contributed by atoms with Crippen LogP contribution >= 0.6 is 10.2 Å². The summed E-state index contributed by atoms with van der Waals surface area (Å²) in [6, 6.07) is 1.97. The maximum absolute atomic E-state index is 14.4. The SMILES string of the molecule is CO[C@@H]1C[C@H](C(=O)N(c2ccc(S(F)(F)(F)(F)F)cc2)[C@@H](C(=O)NCC2(C)CCCN(C(=O)OC(C)(C)C)C2)c2cccnc2)N(C#N)C1. The first-order chi connectivity index (χ1) is 22.5. The number of benzene rings is 1. The second-order valence-corrected chi connectivity index (χ2v) is 16.2. The number of pyridine rings is 1. The van der Waals surface area contributed by atoms with Gasteiger partial charge in [-0.15, -0.1) is 0 Å². The average Bonchev–Trinajstić information content (AvgIpc) is 3.45. The average molecular weight is 717 g/mol. The molecule has 0 aliphatic carbocycles. The summed E-state index contributed by atoms with van der Waals surface area (Å²) < 4.78 is 79.1. The number of methoxy groups -OCH3 is 1. The molecular formula is C32H41F5N6O5S. The van der Waals surface area contributed by atoms with Gasteiger partial charge in [-0.05, 0) is 63.9 Å². The molecule has 17 heteroatoms. The van der Waals surface area contributed by atoms with E-state index in [1.54, 1.807) is 25.7 Å². The van der Waals surface area contributed by atoms with Gasteiger partial charge in [0.25, 0.3) is 5.91 Å². The molecule has 0 radical (unpaired) electrons. The summed E-state index contributed by atoms with van der Waals surface area (Å²) in [6.45, 7) is 7.89. The Morgan fingerprint density at radius 3 is 2.39 bits per heavy atom. The Hall–Kier alpha value is -4.17. The minimum absolute atomic E-state index is 0.0168. The van der Waals surface area contributed by atoms with Gasteiger partial charge in [0.05, 0.1) is 12.6 Å². The third kappa shape index (κ3) is 9.30. The molecule has 1 aromatic heterocycles. The number of ether oxygens (including phenoxy) is 2. The van der Waals surface area contributed by atoms with Crippen molar-refractivity contribution in [3.63, 3.8) is 0 Å². The van der Waals surface area contributed by atoms with Gasteiger partial charge in [-0.25, -0.2) is 4.79 Å². The number of hydrogen-bond acceptors (Lipinski definition) is 8. The van der Waals surface area contributed by atoms with Gasteiger partial charge < -0.3 is 19.7 Å². The number of halogens is 5. The van der Waals surface area contributed by atoms with Crippen molar-refractivity contribution in [1.29, 1.82) is 5.26 Å². The lowest BCUT2D eigenvalue weighted by molar-refractivity contribution is -0.128. The summed E-state index contributed by atoms with van der Waals surface area (Å²) in [6.07, 6.45) is 4.85. The number of nitrogens with one attached hydrogen (secondary N) is 1. The van der Waals surface area contributed by atoms with Crippen LogP contribution in [0.25, 0.3) is 0 Å². The number of carbonyl (C=O) groups excluding carboxylic acids is 3. The molecule has 270 valence electrons. The van der Waals surface area contributed by atoms with Crippen molar-refractivity contribution in [1.82, 2.24) is 20.1 Å². The molecule has 49 heavy (non-hydrogen) atoms. The molecule has 0 saturated carbocycles. The van der Waals surface area contributed by atoms with Gasteiger partial charge in [0.15, 0.2) is 6.19 Å². The van der Waals surface area contributed by atoms with Crippen LogP contribution in [0.4, 0.5) is 29.9 Å². The molecule has 2 aliphatic rings. The van der Waals surface area contributed by atoms with Gasteiger partial charge in [0.2, 0.25) is 5.91 Å². The molecule has 4 atom stereocenters. The van der Waals surface area contributed by atoms with Crippen LogP contribution in [0.3, 0.4) is 0 Å². The Labute approximate surface area is 282 Å². The van der Waals surface area contributed by atoms with E-state index in [0.29, 0.717) is 31.5 Å². The fraction of sp³-hybridized carbons (Fsp3) is 0.531. The highest BCUT2D eigenvalue weighted by Crippen LogP contribution is 3.02. The smallest absolute Gasteiger partial charge is 0.410 e. The van der Waals surface area contributed by atoms with Crippen LogP contribution in [0.2, 0.25) is 0 Å². The topological polar surface area (TPSA) is 128 Å². The highest BCUT2D eigenvalue weighted by molar-refractivity contribution is 8.45. The van der Waals surface area contributed by atoms with Crippen molar-refractivity contribution in [3.05, 3.63) is 54.4 Å². The lowest BCUT2D eigenvalue weighted by Gasteiger charge is -2.41. The van der Waals surface area contributed by atoms with E-state index in [-0.39, 0.29) is 49.4 Å². The first kappa shape index (κ1) is 37.6. The Morgan fingerprint density at radius 1 is 1.16 bits per heavy atom. The van der Waals surface area contributed by atoms with Crippen molar-refractivity contribution in [2.75, 3.05) is 38.2 Å². The molecule has 2 aromatic rings. The van der Waals surface area contributed by atoms with Gasteiger partial charge in [0, 0.05) is 62.2 Å². The standard InChI is InChI=1S/C32H41F5N6O5S/c1-31(2,3)48-30(46)41-15-7-13-32(4,20-41)19-40-28(44)27(22-8-6-14-39-17-22)43(29(45)26-16-24(47-5)18-42(26)21-38)23-9-11-25(12-10-23)49(33,34,35,36)37/h6,8-12,14,17,24,26-27H,7,13,15-16,18-20H2,1-5H3,(H,40,44)/t24-,26-,27-,32?/m1/s1. The number of carbonyl (C=O) groups is 3. The van der Waals surface area contributed by atoms with Crippen LogP contribution in [0, 0.1) is 16.9 Å². The summed E-state index contributed by atoms with van der Waals surface area (Å²) in [4.78, 5) is 46.9. The van der Waals surface area contributed by atoms with Crippen molar-refractivity contribution in [2.24, 2.45) is 5.41 Å². The maximum atomic E-state index is 14.4. The lowest BCUT2D eigenvalue weighted by atomic mass is 9.82. The minimum atomic E-state index is -10.1. The van der Waals surface area contributed by atoms with Crippen molar-refractivity contribution < 1.29 is 43.3 Å². The van der Waals surface area contributed by atoms with E-state index >= 15 is 0 Å². The third-order valence-electron chi connectivity index (χ3n) is 8.44. The number of nitrogens with zero attached hydrogens (tertiary/aromatic N) is 5. The first-order valence-electron chi connectivity index (χ1n) is 15.6. The van der Waals surface area contributed by atoms with Crippen molar-refractivity contribution in [3.8, 4) is 6.19 Å². The Kier molecular flexibility index (Phi) is 9.94. The molecular weight excluding hydrogens is 675 g/mol. The predicted molar refractivity (Wildman–Crippen MR) is 172 cm³/mol. The van der Waals surface area contributed by atoms with E-state index in [9.17, 15) is 39.1 Å². The van der Waals surface area contributed by atoms with E-state index in [2.05, 4.69) is 10.3 Å². The van der Waals surface area contributed by atoms with Crippen molar-refractivity contribution in [2.45, 2.75) is 75.6 Å². The predicted octanol–water partition coefficient (Wildman–Crippen LogP) is 6.54. The van der Waals surface area contributed by atoms with E-state index in [4.69, 9.17) is 9.47 Å². The van der Waals surface area contributed by atoms with Gasteiger partial charge in [-0.3, -0.25) is 24.4 Å². The molecule has 3 heterocycles. The molecule has 11 nitrogen and oxygen atoms in total. The zero-order valence-corrected chi connectivity index (χ0v) is 28.7. The molecule has 1 unspecified atom stereocenters. The van der Waals surface area contributed by atoms with E-state index in [1.807, 2.05) is 13.1 Å². The number of likely N-dealkylation sites (tertiary alicyclic amines) is 2. The molecule has 4 rings (SSSR count). The molecule has 2 saturated heterocycles. The van der Waals surface area contributed by atoms with Gasteiger partial charge >= 0.3 is 16.3 Å². The third-order valence-corrected chi connectivity index (χ3v) is 9.60. The molecule has 1 aromatic carbocycles. The van der Waals surface area contributed by atoms with Crippen molar-refractivity contribution >= 4 is 33.8 Å². The normalized spacial score (nSPS) is 23.4. The molecule has 0 bridgehead atoms. The molecule has 3 amide bonds. The van der Waals surface area contributed by atoms with E-state index in [0.717, 1.165) is 9.80 Å². The maximum Gasteiger partial charge on any atom is 0.410 e. The number of amides is 3. The Bertz CT molecular complexity index is 1590. The molecule has 2 aliphatic heterocycles. The number of aromatic nitrogens is 1. The first-order valence-corrected chi connectivity index (χ1v) is 17.5. The highest BCUT2D eigenvalue weighted by Gasteiger charge is 2.65. The van der Waals surface area contributed by atoms with Gasteiger partial charge in [0.1, 0.15) is 22.6 Å². The number of piperidine rings is 1. The number of hydrogen-bond donors (Lipinski definition) is 1.